The van der Waals surface area contributed by atoms with Crippen LogP contribution in [0.25, 0.3) is 0 Å². The minimum Gasteiger partial charge on any atom is -0.417 e. The summed E-state index contributed by atoms with van der Waals surface area (Å²) in [6.07, 6.45) is 16.4. The fraction of sp³-hybridized carbons (Fsp3) is 1.00. The van der Waals surface area contributed by atoms with Crippen molar-refractivity contribution in [3.63, 3.8) is 0 Å². The normalized spacial score (nSPS) is 44.6. The Kier molecular flexibility index (Phi) is 7.35. The van der Waals surface area contributed by atoms with E-state index in [0.29, 0.717) is 15.9 Å². The molecule has 0 bridgehead atoms. The molecule has 0 radical (unpaired) electrons. The molecule has 0 aromatic carbocycles. The lowest BCUT2D eigenvalue weighted by Gasteiger charge is -2.61. The van der Waals surface area contributed by atoms with Gasteiger partial charge in [-0.1, -0.05) is 54.9 Å². The summed E-state index contributed by atoms with van der Waals surface area (Å²) in [7, 11) is -1.60. The predicted octanol–water partition coefficient (Wildman–Crippen LogP) is 9.72. The van der Waals surface area contributed by atoms with Crippen LogP contribution in [-0.4, -0.2) is 14.9 Å². The van der Waals surface area contributed by atoms with Crippen LogP contribution in [0.15, 0.2) is 0 Å². The second-order valence-electron chi connectivity index (χ2n) is 15.5. The van der Waals surface area contributed by atoms with Gasteiger partial charge in [-0.2, -0.15) is 0 Å². The molecule has 4 aliphatic rings. The van der Waals surface area contributed by atoms with Crippen molar-refractivity contribution in [3.05, 3.63) is 0 Å². The summed E-state index contributed by atoms with van der Waals surface area (Å²) in [5.41, 5.74) is 1.29. The summed E-state index contributed by atoms with van der Waals surface area (Å²) in [6, 6.07) is 0. The van der Waals surface area contributed by atoms with Crippen molar-refractivity contribution in [3.8, 4) is 0 Å². The van der Waals surface area contributed by atoms with E-state index >= 15 is 0 Å². The zero-order valence-electron chi connectivity index (χ0n) is 23.9. The summed E-state index contributed by atoms with van der Waals surface area (Å²) in [5.74, 6) is 6.92. The summed E-state index contributed by atoms with van der Waals surface area (Å²) in [4.78, 5) is 0. The molecule has 4 saturated carbocycles. The van der Waals surface area contributed by atoms with Crippen molar-refractivity contribution < 1.29 is 4.43 Å². The Bertz CT molecular complexity index is 679. The fourth-order valence-electron chi connectivity index (χ4n) is 9.60. The summed E-state index contributed by atoms with van der Waals surface area (Å²) < 4.78 is 6.52. The number of hydrogen-bond donors (Lipinski definition) is 0. The maximum absolute atomic E-state index is 6.52. The third-order valence-electron chi connectivity index (χ3n) is 12.8. The zero-order valence-corrected chi connectivity index (χ0v) is 24.9. The van der Waals surface area contributed by atoms with Crippen LogP contribution in [0.2, 0.25) is 18.1 Å². The first-order chi connectivity index (χ1) is 15.3. The molecule has 0 aromatic rings. The van der Waals surface area contributed by atoms with E-state index in [2.05, 4.69) is 61.6 Å². The summed E-state index contributed by atoms with van der Waals surface area (Å²) in [6.45, 7) is 23.5. The summed E-state index contributed by atoms with van der Waals surface area (Å²) >= 11 is 0. The van der Waals surface area contributed by atoms with Gasteiger partial charge in [0.25, 0.3) is 0 Å². The van der Waals surface area contributed by atoms with E-state index in [-0.39, 0.29) is 0 Å². The third kappa shape index (κ3) is 4.67. The van der Waals surface area contributed by atoms with Gasteiger partial charge in [0.05, 0.1) is 0 Å². The molecule has 4 fully saturated rings. The van der Waals surface area contributed by atoms with E-state index in [1.807, 2.05) is 0 Å². The molecule has 1 nitrogen and oxygen atoms in total. The van der Waals surface area contributed by atoms with E-state index in [0.717, 1.165) is 48.0 Å². The van der Waals surface area contributed by atoms with Gasteiger partial charge in [-0.15, -0.1) is 0 Å². The molecular weight excluding hydrogens is 416 g/mol. The second-order valence-corrected chi connectivity index (χ2v) is 20.3. The lowest BCUT2D eigenvalue weighted by molar-refractivity contribution is -0.120. The van der Waals surface area contributed by atoms with Gasteiger partial charge < -0.3 is 4.43 Å². The van der Waals surface area contributed by atoms with Crippen molar-refractivity contribution in [1.29, 1.82) is 0 Å². The molecule has 2 heteroatoms. The van der Waals surface area contributed by atoms with E-state index in [9.17, 15) is 0 Å². The van der Waals surface area contributed by atoms with Gasteiger partial charge in [0.15, 0.2) is 8.32 Å². The Balaban J connectivity index is 1.36. The first-order valence-electron chi connectivity index (χ1n) is 14.9. The van der Waals surface area contributed by atoms with E-state index < -0.39 is 8.32 Å². The molecule has 0 aromatic heterocycles. The summed E-state index contributed by atoms with van der Waals surface area (Å²) in [5, 5.41) is 0.329. The minimum atomic E-state index is -1.60. The average Bonchev–Trinajstić information content (AvgIpc) is 3.08. The monoisotopic (exact) mass is 474 g/mol. The lowest BCUT2D eigenvalue weighted by atomic mass is 9.44. The second kappa shape index (κ2) is 9.24. The van der Waals surface area contributed by atoms with Crippen LogP contribution in [0.4, 0.5) is 0 Å². The van der Waals surface area contributed by atoms with Crippen LogP contribution in [0.5, 0.6) is 0 Å². The SMILES string of the molecule is C[C@H]1CC[C@]2(C)C3CC[C@@]4(C)C(CC[C@@H]4[C@H](C)CCCO[Si](C)(C)C(C)(C)C)C3CC[C@H]2C1. The van der Waals surface area contributed by atoms with Gasteiger partial charge in [-0.05, 0) is 135 Å². The van der Waals surface area contributed by atoms with Crippen molar-refractivity contribution in [2.24, 2.45) is 52.3 Å². The van der Waals surface area contributed by atoms with Crippen LogP contribution in [0, 0.1) is 52.3 Å². The van der Waals surface area contributed by atoms with Gasteiger partial charge in [-0.25, -0.2) is 0 Å². The van der Waals surface area contributed by atoms with Gasteiger partial charge in [0.1, 0.15) is 0 Å². The highest BCUT2D eigenvalue weighted by atomic mass is 28.4. The topological polar surface area (TPSA) is 9.23 Å². The molecule has 3 unspecified atom stereocenters. The molecule has 0 spiro atoms. The maximum Gasteiger partial charge on any atom is 0.191 e. The lowest BCUT2D eigenvalue weighted by Crippen LogP contribution is -2.53. The Morgan fingerprint density at radius 2 is 1.58 bits per heavy atom. The fourth-order valence-corrected chi connectivity index (χ4v) is 10.7. The predicted molar refractivity (Wildman–Crippen MR) is 146 cm³/mol. The highest BCUT2D eigenvalue weighted by molar-refractivity contribution is 6.74. The van der Waals surface area contributed by atoms with Crippen LogP contribution in [0.3, 0.4) is 0 Å². The van der Waals surface area contributed by atoms with Crippen molar-refractivity contribution >= 4 is 8.32 Å². The smallest absolute Gasteiger partial charge is 0.191 e. The van der Waals surface area contributed by atoms with Crippen molar-refractivity contribution in [2.75, 3.05) is 6.61 Å². The Labute approximate surface area is 208 Å². The number of rotatable bonds is 6. The minimum absolute atomic E-state index is 0.329. The standard InChI is InChI=1S/C31H58OSi/c1-22-16-18-30(6)24(21-22)12-13-25-27-15-14-26(31(27,7)19-17-28(25)30)23(2)11-10-20-32-33(8,9)29(3,4)5/h22-28H,10-21H2,1-9H3/t22-,23+,24-,25?,26+,27?,28?,30-,31+/m0/s1. The largest absolute Gasteiger partial charge is 0.417 e. The molecule has 33 heavy (non-hydrogen) atoms. The number of fused-ring (bicyclic) bond motifs is 5. The van der Waals surface area contributed by atoms with Crippen LogP contribution in [-0.2, 0) is 4.43 Å². The zero-order chi connectivity index (χ0) is 24.2. The van der Waals surface area contributed by atoms with E-state index in [1.165, 1.54) is 57.8 Å². The van der Waals surface area contributed by atoms with Crippen LogP contribution < -0.4 is 0 Å². The Morgan fingerprint density at radius 3 is 2.27 bits per heavy atom. The molecule has 0 heterocycles. The molecule has 0 N–H and O–H groups in total. The van der Waals surface area contributed by atoms with Gasteiger partial charge in [0.2, 0.25) is 0 Å². The molecule has 4 aliphatic carbocycles. The van der Waals surface area contributed by atoms with Crippen LogP contribution in [0.1, 0.15) is 119 Å². The maximum atomic E-state index is 6.52. The molecule has 192 valence electrons. The molecule has 4 rings (SSSR count). The molecular formula is C31H58OSi. The third-order valence-corrected chi connectivity index (χ3v) is 17.3. The molecule has 0 saturated heterocycles. The molecule has 0 amide bonds. The first-order valence-corrected chi connectivity index (χ1v) is 17.8. The van der Waals surface area contributed by atoms with E-state index in [4.69, 9.17) is 4.43 Å². The van der Waals surface area contributed by atoms with Gasteiger partial charge in [0, 0.05) is 6.61 Å². The Morgan fingerprint density at radius 1 is 0.909 bits per heavy atom. The number of hydrogen-bond acceptors (Lipinski definition) is 1. The van der Waals surface area contributed by atoms with Gasteiger partial charge in [-0.3, -0.25) is 0 Å². The molecule has 9 atom stereocenters. The van der Waals surface area contributed by atoms with Gasteiger partial charge >= 0.3 is 0 Å². The Hall–Kier alpha value is 0.177. The first kappa shape index (κ1) is 26.2. The highest BCUT2D eigenvalue weighted by Gasteiger charge is 2.60. The molecule has 0 aliphatic heterocycles. The van der Waals surface area contributed by atoms with Crippen LogP contribution >= 0.6 is 0 Å². The highest BCUT2D eigenvalue weighted by Crippen LogP contribution is 2.68. The average molecular weight is 475 g/mol. The van der Waals surface area contributed by atoms with Crippen molar-refractivity contribution in [2.45, 2.75) is 137 Å². The quantitative estimate of drug-likeness (QED) is 0.275. The van der Waals surface area contributed by atoms with Crippen molar-refractivity contribution in [1.82, 2.24) is 0 Å². The van der Waals surface area contributed by atoms with E-state index in [1.54, 1.807) is 12.8 Å².